The van der Waals surface area contributed by atoms with Crippen molar-refractivity contribution in [2.24, 2.45) is 5.92 Å². The molecule has 1 N–H and O–H groups in total. The van der Waals surface area contributed by atoms with Gasteiger partial charge in [-0.25, -0.2) is 4.98 Å². The van der Waals surface area contributed by atoms with Crippen LogP contribution in [0.3, 0.4) is 0 Å². The molecule has 0 bridgehead atoms. The number of ether oxygens (including phenoxy) is 1. The zero-order valence-corrected chi connectivity index (χ0v) is 17.5. The summed E-state index contributed by atoms with van der Waals surface area (Å²) in [6.45, 7) is 6.03. The molecule has 0 unspecified atom stereocenters. The number of benzene rings is 1. The van der Waals surface area contributed by atoms with E-state index < -0.39 is 5.97 Å². The van der Waals surface area contributed by atoms with Crippen LogP contribution >= 0.6 is 11.8 Å². The Bertz CT molecular complexity index is 895. The molecular weight excluding hydrogens is 378 g/mol. The lowest BCUT2D eigenvalue weighted by molar-refractivity contribution is -0.141. The quantitative estimate of drug-likeness (QED) is 0.392. The van der Waals surface area contributed by atoms with E-state index >= 15 is 0 Å². The van der Waals surface area contributed by atoms with Gasteiger partial charge in [0.1, 0.15) is 6.54 Å². The minimum absolute atomic E-state index is 0.0809. The van der Waals surface area contributed by atoms with E-state index in [-0.39, 0.29) is 29.8 Å². The van der Waals surface area contributed by atoms with E-state index in [4.69, 9.17) is 0 Å². The Morgan fingerprint density at radius 3 is 2.61 bits per heavy atom. The number of hydrogen-bond acceptors (Lipinski definition) is 6. The molecule has 28 heavy (non-hydrogen) atoms. The number of nitrogens with zero attached hydrogens (tertiary/aromatic N) is 2. The monoisotopic (exact) mass is 405 g/mol. The molecule has 1 amide bonds. The van der Waals surface area contributed by atoms with Gasteiger partial charge >= 0.3 is 5.97 Å². The van der Waals surface area contributed by atoms with Crippen LogP contribution in [0, 0.1) is 5.92 Å². The average Bonchev–Trinajstić information content (AvgIpc) is 2.67. The summed E-state index contributed by atoms with van der Waals surface area (Å²) in [6.07, 6.45) is 1.95. The molecule has 1 aromatic carbocycles. The number of nitrogens with one attached hydrogen (secondary N) is 1. The number of thioether (sulfide) groups is 1. The maximum absolute atomic E-state index is 12.8. The standard InChI is InChI=1S/C20H27N3O4S/c1-13(2)9-10-14(3)21-17(24)12-28-20-22-16-8-6-5-7-15(16)19(26)23(20)11-18(25)27-4/h5-8,13-14H,9-12H2,1-4H3,(H,21,24)/t14-/m1/s1. The number of methoxy groups -OCH3 is 1. The van der Waals surface area contributed by atoms with Crippen LogP contribution in [-0.4, -0.2) is 40.3 Å². The molecule has 0 aliphatic carbocycles. The van der Waals surface area contributed by atoms with E-state index in [0.717, 1.165) is 24.6 Å². The molecule has 2 rings (SSSR count). The predicted molar refractivity (Wildman–Crippen MR) is 110 cm³/mol. The fraction of sp³-hybridized carbons (Fsp3) is 0.500. The second kappa shape index (κ2) is 10.3. The molecule has 0 radical (unpaired) electrons. The van der Waals surface area contributed by atoms with Crippen molar-refractivity contribution in [1.29, 1.82) is 0 Å². The van der Waals surface area contributed by atoms with E-state index in [1.807, 2.05) is 6.92 Å². The van der Waals surface area contributed by atoms with Gasteiger partial charge in [-0.05, 0) is 37.8 Å². The van der Waals surface area contributed by atoms with Crippen LogP contribution in [0.15, 0.2) is 34.2 Å². The van der Waals surface area contributed by atoms with E-state index in [9.17, 15) is 14.4 Å². The predicted octanol–water partition coefficient (Wildman–Crippen LogP) is 2.60. The third-order valence-corrected chi connectivity index (χ3v) is 5.23. The zero-order chi connectivity index (χ0) is 20.7. The van der Waals surface area contributed by atoms with Crippen molar-refractivity contribution in [1.82, 2.24) is 14.9 Å². The van der Waals surface area contributed by atoms with Crippen molar-refractivity contribution in [3.8, 4) is 0 Å². The number of para-hydroxylation sites is 1. The Kier molecular flexibility index (Phi) is 8.04. The number of fused-ring (bicyclic) bond motifs is 1. The molecular formula is C20H27N3O4S. The maximum atomic E-state index is 12.8. The molecule has 1 heterocycles. The molecule has 0 spiro atoms. The third kappa shape index (κ3) is 6.09. The summed E-state index contributed by atoms with van der Waals surface area (Å²) in [5.74, 6) is 0.0159. The molecule has 152 valence electrons. The molecule has 0 saturated heterocycles. The smallest absolute Gasteiger partial charge is 0.325 e. The molecule has 1 atom stereocenters. The number of hydrogen-bond donors (Lipinski definition) is 1. The van der Waals surface area contributed by atoms with E-state index in [0.29, 0.717) is 22.0 Å². The SMILES string of the molecule is COC(=O)Cn1c(SCC(=O)N[C@H](C)CCC(C)C)nc2ccccc2c1=O. The Morgan fingerprint density at radius 2 is 1.93 bits per heavy atom. The van der Waals surface area contributed by atoms with Crippen LogP contribution in [0.4, 0.5) is 0 Å². The highest BCUT2D eigenvalue weighted by Gasteiger charge is 2.16. The summed E-state index contributed by atoms with van der Waals surface area (Å²) in [7, 11) is 1.26. The van der Waals surface area contributed by atoms with Gasteiger partial charge in [0.2, 0.25) is 5.91 Å². The largest absolute Gasteiger partial charge is 0.468 e. The minimum Gasteiger partial charge on any atom is -0.468 e. The highest BCUT2D eigenvalue weighted by Crippen LogP contribution is 2.18. The lowest BCUT2D eigenvalue weighted by Gasteiger charge is -2.15. The second-order valence-electron chi connectivity index (χ2n) is 7.11. The van der Waals surface area contributed by atoms with Crippen molar-refractivity contribution in [2.75, 3.05) is 12.9 Å². The van der Waals surface area contributed by atoms with Gasteiger partial charge in [-0.3, -0.25) is 19.0 Å². The lowest BCUT2D eigenvalue weighted by atomic mass is 10.0. The summed E-state index contributed by atoms with van der Waals surface area (Å²) < 4.78 is 5.94. The van der Waals surface area contributed by atoms with Gasteiger partial charge in [-0.15, -0.1) is 0 Å². The number of amides is 1. The Balaban J connectivity index is 2.16. The van der Waals surface area contributed by atoms with Crippen LogP contribution in [0.5, 0.6) is 0 Å². The van der Waals surface area contributed by atoms with Gasteiger partial charge in [0.25, 0.3) is 5.56 Å². The van der Waals surface area contributed by atoms with E-state index in [1.54, 1.807) is 24.3 Å². The number of aromatic nitrogens is 2. The van der Waals surface area contributed by atoms with Crippen LogP contribution in [0.2, 0.25) is 0 Å². The van der Waals surface area contributed by atoms with Crippen LogP contribution in [-0.2, 0) is 20.9 Å². The highest BCUT2D eigenvalue weighted by atomic mass is 32.2. The minimum atomic E-state index is -0.548. The van der Waals surface area contributed by atoms with Crippen molar-refractivity contribution >= 4 is 34.5 Å². The summed E-state index contributed by atoms with van der Waals surface area (Å²) in [5.41, 5.74) is 0.200. The van der Waals surface area contributed by atoms with Crippen molar-refractivity contribution < 1.29 is 14.3 Å². The molecule has 0 fully saturated rings. The molecule has 0 saturated carbocycles. The van der Waals surface area contributed by atoms with Gasteiger partial charge in [-0.1, -0.05) is 37.7 Å². The average molecular weight is 406 g/mol. The molecule has 7 nitrogen and oxygen atoms in total. The molecule has 2 aromatic rings. The van der Waals surface area contributed by atoms with Gasteiger partial charge in [0.05, 0.1) is 23.8 Å². The third-order valence-electron chi connectivity index (χ3n) is 4.26. The van der Waals surface area contributed by atoms with Gasteiger partial charge in [0, 0.05) is 6.04 Å². The molecule has 0 aliphatic rings. The Hall–Kier alpha value is -2.35. The normalized spacial score (nSPS) is 12.2. The number of esters is 1. The Labute approximate surface area is 168 Å². The summed E-state index contributed by atoms with van der Waals surface area (Å²) in [4.78, 5) is 41.3. The summed E-state index contributed by atoms with van der Waals surface area (Å²) in [6, 6.07) is 7.01. The second-order valence-corrected chi connectivity index (χ2v) is 8.05. The first kappa shape index (κ1) is 21.9. The Morgan fingerprint density at radius 1 is 1.21 bits per heavy atom. The fourth-order valence-electron chi connectivity index (χ4n) is 2.69. The van der Waals surface area contributed by atoms with Crippen LogP contribution < -0.4 is 10.9 Å². The van der Waals surface area contributed by atoms with Crippen molar-refractivity contribution in [3.63, 3.8) is 0 Å². The number of rotatable bonds is 9. The number of carbonyl (C=O) groups excluding carboxylic acids is 2. The molecule has 0 aliphatic heterocycles. The van der Waals surface area contributed by atoms with Crippen LogP contribution in [0.1, 0.15) is 33.6 Å². The summed E-state index contributed by atoms with van der Waals surface area (Å²) >= 11 is 1.14. The topological polar surface area (TPSA) is 90.3 Å². The van der Waals surface area contributed by atoms with E-state index in [1.165, 1.54) is 11.7 Å². The maximum Gasteiger partial charge on any atom is 0.325 e. The van der Waals surface area contributed by atoms with Crippen LogP contribution in [0.25, 0.3) is 10.9 Å². The van der Waals surface area contributed by atoms with Crippen molar-refractivity contribution in [2.45, 2.75) is 51.4 Å². The van der Waals surface area contributed by atoms with Gasteiger partial charge in [-0.2, -0.15) is 0 Å². The summed E-state index contributed by atoms with van der Waals surface area (Å²) in [5, 5.41) is 3.70. The van der Waals surface area contributed by atoms with Gasteiger partial charge in [0.15, 0.2) is 5.16 Å². The number of carbonyl (C=O) groups is 2. The highest BCUT2D eigenvalue weighted by molar-refractivity contribution is 7.99. The fourth-order valence-corrected chi connectivity index (χ4v) is 3.50. The first-order valence-corrected chi connectivity index (χ1v) is 10.3. The van der Waals surface area contributed by atoms with Gasteiger partial charge < -0.3 is 10.1 Å². The van der Waals surface area contributed by atoms with E-state index in [2.05, 4.69) is 28.9 Å². The first-order chi connectivity index (χ1) is 13.3. The lowest BCUT2D eigenvalue weighted by Crippen LogP contribution is -2.34. The molecule has 1 aromatic heterocycles. The first-order valence-electron chi connectivity index (χ1n) is 9.30. The molecule has 8 heteroatoms. The van der Waals surface area contributed by atoms with Crippen molar-refractivity contribution in [3.05, 3.63) is 34.6 Å². The zero-order valence-electron chi connectivity index (χ0n) is 16.7.